The lowest BCUT2D eigenvalue weighted by atomic mass is 9.97. The molecule has 1 aromatic heterocycles. The third kappa shape index (κ3) is 3.24. The molecule has 2 aromatic rings. The van der Waals surface area contributed by atoms with Gasteiger partial charge < -0.3 is 9.30 Å². The third-order valence-corrected chi connectivity index (χ3v) is 4.93. The monoisotopic (exact) mass is 312 g/mol. The first kappa shape index (κ1) is 14.7. The lowest BCUT2D eigenvalue weighted by Gasteiger charge is -2.32. The number of aryl methyl sites for hydroxylation is 1. The Balaban J connectivity index is 1.32. The van der Waals surface area contributed by atoms with Crippen molar-refractivity contribution in [3.8, 4) is 5.75 Å². The standard InChI is InChI=1S/C18H24N4O/c1-2-7-16(8-3-1)23-13-12-21-10-4-6-15(14-21)18-20-19-17-9-5-11-22(17)18/h1-3,7-8,15H,4-6,9-14H2. The van der Waals surface area contributed by atoms with Crippen LogP contribution in [0.5, 0.6) is 5.75 Å². The van der Waals surface area contributed by atoms with Crippen LogP contribution in [0.1, 0.15) is 36.8 Å². The van der Waals surface area contributed by atoms with Gasteiger partial charge in [0.15, 0.2) is 0 Å². The predicted octanol–water partition coefficient (Wildman–Crippen LogP) is 2.48. The number of rotatable bonds is 5. The molecule has 0 saturated carbocycles. The van der Waals surface area contributed by atoms with Gasteiger partial charge in [0.05, 0.1) is 0 Å². The Bertz CT molecular complexity index is 640. The number of aromatic nitrogens is 3. The van der Waals surface area contributed by atoms with E-state index in [0.717, 1.165) is 45.0 Å². The number of para-hydroxylation sites is 1. The maximum absolute atomic E-state index is 5.83. The van der Waals surface area contributed by atoms with Crippen LogP contribution >= 0.6 is 0 Å². The van der Waals surface area contributed by atoms with Gasteiger partial charge in [-0.15, -0.1) is 10.2 Å². The number of nitrogens with zero attached hydrogens (tertiary/aromatic N) is 4. The molecule has 0 amide bonds. The summed E-state index contributed by atoms with van der Waals surface area (Å²) in [5, 5.41) is 8.85. The fraction of sp³-hybridized carbons (Fsp3) is 0.556. The molecule has 4 rings (SSSR count). The molecule has 23 heavy (non-hydrogen) atoms. The van der Waals surface area contributed by atoms with Crippen LogP contribution in [0.3, 0.4) is 0 Å². The second kappa shape index (κ2) is 6.71. The molecule has 0 aliphatic carbocycles. The minimum Gasteiger partial charge on any atom is -0.492 e. The van der Waals surface area contributed by atoms with E-state index in [9.17, 15) is 0 Å². The largest absolute Gasteiger partial charge is 0.492 e. The highest BCUT2D eigenvalue weighted by Gasteiger charge is 2.28. The van der Waals surface area contributed by atoms with Crippen molar-refractivity contribution >= 4 is 0 Å². The lowest BCUT2D eigenvalue weighted by Crippen LogP contribution is -2.37. The molecule has 2 aliphatic rings. The van der Waals surface area contributed by atoms with Crippen LogP contribution in [0.4, 0.5) is 0 Å². The van der Waals surface area contributed by atoms with Gasteiger partial charge in [-0.25, -0.2) is 0 Å². The Hall–Kier alpha value is -1.88. The summed E-state index contributed by atoms with van der Waals surface area (Å²) in [6, 6.07) is 10.1. The number of likely N-dealkylation sites (tertiary alicyclic amines) is 1. The Kier molecular flexibility index (Phi) is 4.28. The van der Waals surface area contributed by atoms with E-state index in [1.54, 1.807) is 0 Å². The van der Waals surface area contributed by atoms with E-state index in [1.807, 2.05) is 30.3 Å². The summed E-state index contributed by atoms with van der Waals surface area (Å²) in [4.78, 5) is 2.51. The smallest absolute Gasteiger partial charge is 0.137 e. The zero-order valence-electron chi connectivity index (χ0n) is 13.5. The van der Waals surface area contributed by atoms with E-state index in [1.165, 1.54) is 30.9 Å². The number of hydrogen-bond donors (Lipinski definition) is 0. The Morgan fingerprint density at radius 1 is 1.09 bits per heavy atom. The van der Waals surface area contributed by atoms with E-state index in [-0.39, 0.29) is 0 Å². The summed E-state index contributed by atoms with van der Waals surface area (Å²) in [6.07, 6.45) is 4.78. The summed E-state index contributed by atoms with van der Waals surface area (Å²) in [6.45, 7) is 5.07. The van der Waals surface area contributed by atoms with Crippen LogP contribution in [0, 0.1) is 0 Å². The Morgan fingerprint density at radius 3 is 2.91 bits per heavy atom. The predicted molar refractivity (Wildman–Crippen MR) is 88.7 cm³/mol. The molecule has 5 heteroatoms. The van der Waals surface area contributed by atoms with Crippen LogP contribution in [0.2, 0.25) is 0 Å². The maximum Gasteiger partial charge on any atom is 0.137 e. The normalized spacial score (nSPS) is 21.3. The van der Waals surface area contributed by atoms with Crippen molar-refractivity contribution in [3.63, 3.8) is 0 Å². The van der Waals surface area contributed by atoms with Gasteiger partial charge >= 0.3 is 0 Å². The fourth-order valence-corrected chi connectivity index (χ4v) is 3.75. The number of hydrogen-bond acceptors (Lipinski definition) is 4. The first-order valence-electron chi connectivity index (χ1n) is 8.72. The third-order valence-electron chi connectivity index (χ3n) is 4.93. The first-order chi connectivity index (χ1) is 11.4. The number of ether oxygens (including phenoxy) is 1. The molecular weight excluding hydrogens is 288 g/mol. The molecule has 1 saturated heterocycles. The van der Waals surface area contributed by atoms with E-state index in [2.05, 4.69) is 19.7 Å². The summed E-state index contributed by atoms with van der Waals surface area (Å²) >= 11 is 0. The zero-order valence-corrected chi connectivity index (χ0v) is 13.5. The Morgan fingerprint density at radius 2 is 2.00 bits per heavy atom. The van der Waals surface area contributed by atoms with Gasteiger partial charge in [-0.05, 0) is 37.9 Å². The van der Waals surface area contributed by atoms with Crippen molar-refractivity contribution in [3.05, 3.63) is 42.0 Å². The molecule has 122 valence electrons. The van der Waals surface area contributed by atoms with Crippen LogP contribution < -0.4 is 4.74 Å². The molecule has 0 bridgehead atoms. The molecule has 3 heterocycles. The van der Waals surface area contributed by atoms with E-state index >= 15 is 0 Å². The summed E-state index contributed by atoms with van der Waals surface area (Å²) < 4.78 is 8.19. The molecule has 0 N–H and O–H groups in total. The zero-order chi connectivity index (χ0) is 15.5. The average molecular weight is 312 g/mol. The van der Waals surface area contributed by atoms with Crippen LogP contribution in [-0.2, 0) is 13.0 Å². The van der Waals surface area contributed by atoms with Gasteiger partial charge in [-0.3, -0.25) is 4.90 Å². The van der Waals surface area contributed by atoms with Gasteiger partial charge in [0, 0.05) is 32.0 Å². The summed E-state index contributed by atoms with van der Waals surface area (Å²) in [5.74, 6) is 3.88. The SMILES string of the molecule is c1ccc(OCCN2CCCC(c3nnc4n3CCC4)C2)cc1. The minimum atomic E-state index is 0.528. The van der Waals surface area contributed by atoms with Gasteiger partial charge in [-0.2, -0.15) is 0 Å². The van der Waals surface area contributed by atoms with Gasteiger partial charge in [0.2, 0.25) is 0 Å². The highest BCUT2D eigenvalue weighted by Crippen LogP contribution is 2.28. The Labute approximate surface area is 137 Å². The number of benzene rings is 1. The molecule has 5 nitrogen and oxygen atoms in total. The van der Waals surface area contributed by atoms with Gasteiger partial charge in [-0.1, -0.05) is 18.2 Å². The van der Waals surface area contributed by atoms with Crippen molar-refractivity contribution in [2.24, 2.45) is 0 Å². The number of fused-ring (bicyclic) bond motifs is 1. The molecule has 1 fully saturated rings. The van der Waals surface area contributed by atoms with Crippen molar-refractivity contribution in [1.29, 1.82) is 0 Å². The maximum atomic E-state index is 5.83. The molecule has 1 unspecified atom stereocenters. The second-order valence-corrected chi connectivity index (χ2v) is 6.53. The van der Waals surface area contributed by atoms with Gasteiger partial charge in [0.1, 0.15) is 24.0 Å². The molecule has 0 spiro atoms. The van der Waals surface area contributed by atoms with Crippen LogP contribution in [-0.4, -0.2) is 45.9 Å². The number of piperidine rings is 1. The molecule has 0 radical (unpaired) electrons. The van der Waals surface area contributed by atoms with Crippen molar-refractivity contribution in [2.75, 3.05) is 26.2 Å². The lowest BCUT2D eigenvalue weighted by molar-refractivity contribution is 0.166. The summed E-state index contributed by atoms with van der Waals surface area (Å²) in [5.41, 5.74) is 0. The molecular formula is C18H24N4O. The second-order valence-electron chi connectivity index (χ2n) is 6.53. The molecule has 1 aromatic carbocycles. The topological polar surface area (TPSA) is 43.2 Å². The highest BCUT2D eigenvalue weighted by atomic mass is 16.5. The van der Waals surface area contributed by atoms with Crippen molar-refractivity contribution < 1.29 is 4.74 Å². The minimum absolute atomic E-state index is 0.528. The molecule has 2 aliphatic heterocycles. The first-order valence-corrected chi connectivity index (χ1v) is 8.72. The van der Waals surface area contributed by atoms with E-state index in [0.29, 0.717) is 5.92 Å². The summed E-state index contributed by atoms with van der Waals surface area (Å²) in [7, 11) is 0. The quantitative estimate of drug-likeness (QED) is 0.851. The molecule has 1 atom stereocenters. The van der Waals surface area contributed by atoms with E-state index < -0.39 is 0 Å². The van der Waals surface area contributed by atoms with Crippen LogP contribution in [0.15, 0.2) is 30.3 Å². The fourth-order valence-electron chi connectivity index (χ4n) is 3.75. The average Bonchev–Trinajstić information content (AvgIpc) is 3.19. The van der Waals surface area contributed by atoms with Crippen molar-refractivity contribution in [1.82, 2.24) is 19.7 Å². The van der Waals surface area contributed by atoms with E-state index in [4.69, 9.17) is 4.74 Å². The van der Waals surface area contributed by atoms with Crippen molar-refractivity contribution in [2.45, 2.75) is 38.1 Å². The highest BCUT2D eigenvalue weighted by molar-refractivity contribution is 5.20. The van der Waals surface area contributed by atoms with Gasteiger partial charge in [0.25, 0.3) is 0 Å². The van der Waals surface area contributed by atoms with Crippen LogP contribution in [0.25, 0.3) is 0 Å².